The number of thioether (sulfide) groups is 1. The Bertz CT molecular complexity index is 2890. The summed E-state index contributed by atoms with van der Waals surface area (Å²) in [6, 6.07) is 1.39. The number of Topliss-reactive ketones (excluding diaryl/α,β-unsaturated/α-hetero) is 1. The van der Waals surface area contributed by atoms with E-state index in [2.05, 4.69) is 51.7 Å². The monoisotopic (exact) mass is 1320 g/mol. The zero-order valence-corrected chi connectivity index (χ0v) is 54.6. The zero-order chi connectivity index (χ0) is 64.9. The van der Waals surface area contributed by atoms with E-state index in [1.54, 1.807) is 20.1 Å². The Hall–Kier alpha value is -4.62. The first-order valence-electron chi connectivity index (χ1n) is 28.4. The average Bonchev–Trinajstić information content (AvgIpc) is 0.971. The molecule has 1 aromatic rings. The number of carbonyl (C=O) groups excluding carboxylic acids is 4. The van der Waals surface area contributed by atoms with E-state index in [0.717, 1.165) is 7.11 Å². The summed E-state index contributed by atoms with van der Waals surface area (Å²) in [4.78, 5) is 62.5. The Labute approximate surface area is 533 Å². The van der Waals surface area contributed by atoms with E-state index in [0.29, 0.717) is 0 Å². The molecule has 8 N–H and O–H groups in total. The lowest BCUT2D eigenvalue weighted by atomic mass is 9.73. The van der Waals surface area contributed by atoms with Gasteiger partial charge >= 0.3 is 12.1 Å². The van der Waals surface area contributed by atoms with Gasteiger partial charge in [0.2, 0.25) is 5.78 Å². The number of methoxy groups -OCH3 is 5. The number of alkyl carbamates (subject to hydrolysis) is 1. The second-order valence-electron chi connectivity index (χ2n) is 21.4. The van der Waals surface area contributed by atoms with Gasteiger partial charge in [-0.25, -0.2) is 9.59 Å². The van der Waals surface area contributed by atoms with Crippen LogP contribution in [0.2, 0.25) is 0 Å². The van der Waals surface area contributed by atoms with Crippen LogP contribution in [0.1, 0.15) is 64.2 Å². The Morgan fingerprint density at radius 3 is 2.22 bits per heavy atom. The van der Waals surface area contributed by atoms with Crippen LogP contribution in [0.3, 0.4) is 0 Å². The van der Waals surface area contributed by atoms with Crippen molar-refractivity contribution in [1.29, 1.82) is 0 Å². The number of fused-ring (bicyclic) bond motifs is 2. The van der Waals surface area contributed by atoms with Gasteiger partial charge in [0, 0.05) is 61.4 Å². The number of anilines is 1. The molecule has 19 atom stereocenters. The van der Waals surface area contributed by atoms with Crippen molar-refractivity contribution in [3.8, 4) is 35.2 Å². The van der Waals surface area contributed by atoms with E-state index in [1.165, 1.54) is 95.7 Å². The lowest BCUT2D eigenvalue weighted by molar-refractivity contribution is -0.336. The molecule has 2 aliphatic carbocycles. The van der Waals surface area contributed by atoms with Gasteiger partial charge in [-0.2, -0.15) is 17.2 Å². The zero-order valence-electron chi connectivity index (χ0n) is 51.4. The molecular formula is C59H80N4O22S4. The summed E-state index contributed by atoms with van der Waals surface area (Å²) in [6.45, 7) is 12.6. The first-order chi connectivity index (χ1) is 42.5. The third-order valence-corrected chi connectivity index (χ3v) is 20.2. The van der Waals surface area contributed by atoms with Crippen molar-refractivity contribution in [2.45, 2.75) is 175 Å². The second-order valence-corrected chi connectivity index (χ2v) is 26.8. The molecule has 0 saturated carbocycles. The fourth-order valence-corrected chi connectivity index (χ4v) is 14.1. The standard InChI is InChI=1S/C59H80N4O22S4/c1-28(2)60-36-27-77-43(25-39(36)73-8)83-52-50(66)47(63-85-45-24-37(64)53(86-12)31(5)79-45)29(3)80-57(52)82-38-18-16-14-15-17-20-59(71)34(19-21-88-89-87-13)46(38)48(62-58(70)76-11)51(67)54(59)84-44-26-42(49(65)30(4)78-44)81-56(69)33-22-40(74-9)41(75-10)23-35(33)61-55(68)32(6)72-7/h14-15,19,22-23,28-31,36-39,42-45,47,49-50,52-54,57,60,63-66,71H,6,21,24-27H2,1-5,7-13H3,(H,61,68)(H,62,70)/t29?,30-,31+,36-,37-,38?,39-,42-,43-,44-,45-,47+,49-,50+,52+,53+,54-,57-,59+/m0/s1. The third kappa shape index (κ3) is 17.6. The fourth-order valence-electron chi connectivity index (χ4n) is 10.8. The molecule has 2 unspecified atom stereocenters. The summed E-state index contributed by atoms with van der Waals surface area (Å²) < 4.78 is 77.9. The maximum atomic E-state index is 15.6. The molecule has 6 aliphatic rings. The predicted molar refractivity (Wildman–Crippen MR) is 330 cm³/mol. The predicted octanol–water partition coefficient (Wildman–Crippen LogP) is 3.42. The van der Waals surface area contributed by atoms with Crippen LogP contribution in [-0.2, 0) is 66.5 Å². The summed E-state index contributed by atoms with van der Waals surface area (Å²) in [7, 11) is 10.8. The molecule has 0 aromatic heterocycles. The number of aliphatic hydroxyl groups excluding tert-OH is 3. The molecule has 4 aliphatic heterocycles. The van der Waals surface area contributed by atoms with Gasteiger partial charge in [-0.15, -0.1) is 0 Å². The van der Waals surface area contributed by atoms with Crippen LogP contribution in [0.25, 0.3) is 0 Å². The number of allylic oxidation sites excluding steroid dienone is 2. The lowest BCUT2D eigenvalue weighted by Crippen LogP contribution is -2.65. The van der Waals surface area contributed by atoms with Gasteiger partial charge in [0.1, 0.15) is 30.5 Å². The number of esters is 1. The minimum Gasteiger partial charge on any atom is -0.493 e. The minimum atomic E-state index is -2.66. The molecule has 7 rings (SSSR count). The van der Waals surface area contributed by atoms with Gasteiger partial charge in [0.15, 0.2) is 54.1 Å². The van der Waals surface area contributed by atoms with Crippen molar-refractivity contribution in [3.05, 3.63) is 65.1 Å². The van der Waals surface area contributed by atoms with Gasteiger partial charge in [-0.3, -0.25) is 19.7 Å². The fraction of sp³-hybridized carbons (Fsp3) is 0.627. The molecule has 4 heterocycles. The number of carbonyl (C=O) groups is 4. The van der Waals surface area contributed by atoms with Crippen molar-refractivity contribution in [2.24, 2.45) is 0 Å². The van der Waals surface area contributed by atoms with Crippen molar-refractivity contribution in [3.63, 3.8) is 0 Å². The van der Waals surface area contributed by atoms with E-state index in [4.69, 9.17) is 66.4 Å². The number of amides is 2. The quantitative estimate of drug-likeness (QED) is 0.0132. The Morgan fingerprint density at radius 2 is 1.56 bits per heavy atom. The van der Waals surface area contributed by atoms with Crippen LogP contribution in [0.5, 0.6) is 11.5 Å². The number of hydrogen-bond donors (Lipinski definition) is 8. The van der Waals surface area contributed by atoms with E-state index >= 15 is 4.79 Å². The normalized spacial score (nSPS) is 34.1. The number of benzene rings is 1. The molecule has 0 radical (unpaired) electrons. The first kappa shape index (κ1) is 71.8. The highest BCUT2D eigenvalue weighted by atomic mass is 33.5. The van der Waals surface area contributed by atoms with E-state index in [1.807, 2.05) is 33.3 Å². The third-order valence-electron chi connectivity index (χ3n) is 15.2. The topological polar surface area (TPSA) is 327 Å². The number of ether oxygens (including phenoxy) is 13. The van der Waals surface area contributed by atoms with Crippen molar-refractivity contribution >= 4 is 72.6 Å². The molecule has 4 fully saturated rings. The van der Waals surface area contributed by atoms with Crippen molar-refractivity contribution in [2.75, 3.05) is 65.7 Å². The minimum absolute atomic E-state index is 0.0843. The van der Waals surface area contributed by atoms with E-state index in [-0.39, 0.29) is 88.3 Å². The van der Waals surface area contributed by atoms with Gasteiger partial charge in [0.25, 0.3) is 5.91 Å². The van der Waals surface area contributed by atoms with Crippen LogP contribution in [0.15, 0.2) is 59.5 Å². The van der Waals surface area contributed by atoms with E-state index < -0.39 is 134 Å². The Morgan fingerprint density at radius 1 is 0.854 bits per heavy atom. The maximum absolute atomic E-state index is 15.6. The first-order valence-corrected chi connectivity index (χ1v) is 33.8. The Balaban J connectivity index is 1.27. The molecule has 2 amide bonds. The average molecular weight is 1330 g/mol. The van der Waals surface area contributed by atoms with Crippen molar-refractivity contribution in [1.82, 2.24) is 16.1 Å². The second kappa shape index (κ2) is 33.3. The molecule has 492 valence electrons. The van der Waals surface area contributed by atoms with Gasteiger partial charge in [-0.1, -0.05) is 71.8 Å². The summed E-state index contributed by atoms with van der Waals surface area (Å²) in [5, 5.41) is 56.8. The van der Waals surface area contributed by atoms with E-state index in [9.17, 15) is 34.8 Å². The highest BCUT2D eigenvalue weighted by molar-refractivity contribution is 9.09. The molecule has 0 spiro atoms. The highest BCUT2D eigenvalue weighted by Gasteiger charge is 2.57. The van der Waals surface area contributed by atoms with Crippen LogP contribution < -0.4 is 30.9 Å². The summed E-state index contributed by atoms with van der Waals surface area (Å²) in [5.41, 5.74) is -0.949. The molecule has 26 nitrogen and oxygen atoms in total. The molecule has 30 heteroatoms. The summed E-state index contributed by atoms with van der Waals surface area (Å²) >= 11 is 1.47. The van der Waals surface area contributed by atoms with Crippen LogP contribution in [0.4, 0.5) is 10.5 Å². The smallest absolute Gasteiger partial charge is 0.411 e. The largest absolute Gasteiger partial charge is 0.493 e. The van der Waals surface area contributed by atoms with Gasteiger partial charge in [0.05, 0.1) is 99.8 Å². The van der Waals surface area contributed by atoms with Crippen molar-refractivity contribution < 1.29 is 106 Å². The number of ketones is 1. The maximum Gasteiger partial charge on any atom is 0.411 e. The molecule has 1 aromatic carbocycles. The number of hydroxylamine groups is 1. The number of hydrogen-bond acceptors (Lipinski definition) is 28. The molecule has 4 saturated heterocycles. The summed E-state index contributed by atoms with van der Waals surface area (Å²) in [6.07, 6.45) is -11.7. The number of nitrogens with one attached hydrogen (secondary N) is 4. The highest BCUT2D eigenvalue weighted by Crippen LogP contribution is 2.44. The summed E-state index contributed by atoms with van der Waals surface area (Å²) in [5.74, 6) is 8.60. The van der Waals surface area contributed by atoms with Crippen LogP contribution in [0, 0.1) is 23.7 Å². The van der Waals surface area contributed by atoms with Gasteiger partial charge < -0.3 is 92.6 Å². The number of rotatable bonds is 25. The number of aliphatic hydroxyl groups is 4. The Kier molecular flexibility index (Phi) is 26.9. The molecule has 2 bridgehead atoms. The lowest BCUT2D eigenvalue weighted by Gasteiger charge is -2.47. The molecule has 89 heavy (non-hydrogen) atoms. The van der Waals surface area contributed by atoms with Crippen LogP contribution >= 0.6 is 43.2 Å². The SMILES string of the molecule is C=C(OC)C(=O)Nc1cc(OC)c(OC)cc1C(=O)O[C@H]1C[C@H](O[C@H]2C(=O)C(NC(=O)OC)=C3C(=CCSSSC)[C@]2(O)C#CC=CC#CC3O[C@@H]2OC(C)[C@@H](NO[C@H]3C[C@H](O)[C@H](SC)[C@@H](C)O3)[C@@H](O)[C@H]2O[C@H]2C[C@H](OC)[C@@H](NC(C)C)CO2)O[C@@H](C)[C@@H]1O. The molecular weight excluding hydrogens is 1240 g/mol. The van der Waals surface area contributed by atoms with Gasteiger partial charge in [-0.05, 0) is 55.3 Å². The van der Waals surface area contributed by atoms with Crippen LogP contribution in [-0.4, -0.2) is 226 Å².